The van der Waals surface area contributed by atoms with Crippen molar-refractivity contribution in [2.45, 2.75) is 137 Å². The van der Waals surface area contributed by atoms with Gasteiger partial charge in [0.2, 0.25) is 0 Å². The first kappa shape index (κ1) is 35.1. The number of esters is 1. The zero-order chi connectivity index (χ0) is 30.7. The number of Topliss-reactive ketones (excluding diaryl/α,β-unsaturated/α-hetero) is 1. The molecule has 2 aliphatic rings. The Labute approximate surface area is 241 Å². The predicted octanol–water partition coefficient (Wildman–Crippen LogP) is 3.41. The summed E-state index contributed by atoms with van der Waals surface area (Å²) in [5.41, 5.74) is -1.65. The van der Waals surface area contributed by atoms with E-state index in [2.05, 4.69) is 25.8 Å². The van der Waals surface area contributed by atoms with E-state index in [4.69, 9.17) is 14.2 Å². The zero-order valence-electron chi connectivity index (χ0n) is 26.7. The second kappa shape index (κ2) is 14.4. The normalized spacial score (nSPS) is 46.6. The molecule has 234 valence electrons. The van der Waals surface area contributed by atoms with Gasteiger partial charge in [0.15, 0.2) is 6.29 Å². The molecular formula is C31H57NO8. The Kier molecular flexibility index (Phi) is 12.6. The van der Waals surface area contributed by atoms with Crippen molar-refractivity contribution in [3.05, 3.63) is 0 Å². The molecule has 0 spiro atoms. The van der Waals surface area contributed by atoms with E-state index in [1.165, 1.54) is 6.92 Å². The molecular weight excluding hydrogens is 514 g/mol. The highest BCUT2D eigenvalue weighted by Gasteiger charge is 2.47. The van der Waals surface area contributed by atoms with E-state index in [1.54, 1.807) is 34.6 Å². The molecule has 0 amide bonds. The van der Waals surface area contributed by atoms with Crippen LogP contribution >= 0.6 is 0 Å². The van der Waals surface area contributed by atoms with Crippen LogP contribution in [0.3, 0.4) is 0 Å². The Morgan fingerprint density at radius 3 is 2.12 bits per heavy atom. The summed E-state index contributed by atoms with van der Waals surface area (Å²) in [5, 5.41) is 33.9. The van der Waals surface area contributed by atoms with Crippen LogP contribution in [0.2, 0.25) is 0 Å². The van der Waals surface area contributed by atoms with Gasteiger partial charge in [0.05, 0.1) is 35.9 Å². The molecule has 2 fully saturated rings. The highest BCUT2D eigenvalue weighted by atomic mass is 16.7. The summed E-state index contributed by atoms with van der Waals surface area (Å²) in [6.07, 6.45) is -3.40. The molecule has 0 aromatic heterocycles. The molecule has 2 aliphatic heterocycles. The Hall–Kier alpha value is -1.10. The summed E-state index contributed by atoms with van der Waals surface area (Å²) >= 11 is 0. The fourth-order valence-electron chi connectivity index (χ4n) is 6.75. The van der Waals surface area contributed by atoms with E-state index in [1.807, 2.05) is 13.8 Å². The molecule has 9 heteroatoms. The summed E-state index contributed by atoms with van der Waals surface area (Å²) in [4.78, 5) is 29.1. The van der Waals surface area contributed by atoms with Crippen LogP contribution in [-0.4, -0.2) is 94.0 Å². The molecule has 2 saturated heterocycles. The van der Waals surface area contributed by atoms with Crippen molar-refractivity contribution in [3.63, 3.8) is 0 Å². The summed E-state index contributed by atoms with van der Waals surface area (Å²) in [6.45, 7) is 19.2. The molecule has 0 saturated carbocycles. The molecule has 0 bridgehead atoms. The Morgan fingerprint density at radius 1 is 0.975 bits per heavy atom. The van der Waals surface area contributed by atoms with Crippen LogP contribution in [0.1, 0.15) is 88.5 Å². The minimum absolute atomic E-state index is 0.00335. The standard InChI is InChI=1S/C31H57NO8/c1-12-24-18(5)27(34)19(6)26(33)16(3)15-31(10,37)29(35)20(7)28(21(8)30(36)39-24)40-25-14-23(32(11)13-2)17(4)22(9)38-25/h16-25,27-29,34-35,37H,12-15H2,1-11H3/t16-,17-,18+,19+,20+,21-,22?,23?,24-,25+,27+,28+,29-,31-/m1/s1. The monoisotopic (exact) mass is 571 g/mol. The minimum atomic E-state index is -1.65. The lowest BCUT2D eigenvalue weighted by molar-refractivity contribution is -0.259. The fraction of sp³-hybridized carbons (Fsp3) is 0.935. The van der Waals surface area contributed by atoms with Gasteiger partial charge in [-0.15, -0.1) is 0 Å². The maximum absolute atomic E-state index is 13.6. The summed E-state index contributed by atoms with van der Waals surface area (Å²) < 4.78 is 18.7. The van der Waals surface area contributed by atoms with Gasteiger partial charge >= 0.3 is 5.97 Å². The molecule has 0 aliphatic carbocycles. The first-order chi connectivity index (χ1) is 18.5. The van der Waals surface area contributed by atoms with Gasteiger partial charge in [0, 0.05) is 36.1 Å². The lowest BCUT2D eigenvalue weighted by Crippen LogP contribution is -2.55. The van der Waals surface area contributed by atoms with Crippen molar-refractivity contribution in [1.82, 2.24) is 4.90 Å². The van der Waals surface area contributed by atoms with Gasteiger partial charge in [-0.2, -0.15) is 0 Å². The van der Waals surface area contributed by atoms with Gasteiger partial charge in [-0.3, -0.25) is 9.59 Å². The van der Waals surface area contributed by atoms with Crippen molar-refractivity contribution in [3.8, 4) is 0 Å². The number of ether oxygens (including phenoxy) is 3. The average molecular weight is 572 g/mol. The van der Waals surface area contributed by atoms with Crippen LogP contribution < -0.4 is 0 Å². The molecule has 0 radical (unpaired) electrons. The van der Waals surface area contributed by atoms with E-state index < -0.39 is 71.9 Å². The van der Waals surface area contributed by atoms with Gasteiger partial charge in [0.25, 0.3) is 0 Å². The summed E-state index contributed by atoms with van der Waals surface area (Å²) in [5.74, 6) is -3.73. The third kappa shape index (κ3) is 7.84. The molecule has 40 heavy (non-hydrogen) atoms. The molecule has 0 aromatic carbocycles. The zero-order valence-corrected chi connectivity index (χ0v) is 26.7. The predicted molar refractivity (Wildman–Crippen MR) is 153 cm³/mol. The van der Waals surface area contributed by atoms with Crippen LogP contribution in [0.15, 0.2) is 0 Å². The maximum atomic E-state index is 13.6. The topological polar surface area (TPSA) is 126 Å². The highest BCUT2D eigenvalue weighted by Crippen LogP contribution is 2.36. The molecule has 3 N–H and O–H groups in total. The lowest BCUT2D eigenvalue weighted by atomic mass is 9.75. The Bertz CT molecular complexity index is 836. The molecule has 2 unspecified atom stereocenters. The van der Waals surface area contributed by atoms with Gasteiger partial charge in [-0.05, 0) is 53.1 Å². The van der Waals surface area contributed by atoms with Gasteiger partial charge in [0.1, 0.15) is 11.9 Å². The first-order valence-corrected chi connectivity index (χ1v) is 15.3. The largest absolute Gasteiger partial charge is 0.462 e. The van der Waals surface area contributed by atoms with Gasteiger partial charge in [-0.1, -0.05) is 48.5 Å². The quantitative estimate of drug-likeness (QED) is 0.426. The summed E-state index contributed by atoms with van der Waals surface area (Å²) in [6, 6.07) is 0.212. The Balaban J connectivity index is 2.48. The number of rotatable bonds is 5. The maximum Gasteiger partial charge on any atom is 0.311 e. The van der Waals surface area contributed by atoms with Crippen molar-refractivity contribution in [2.24, 2.45) is 35.5 Å². The minimum Gasteiger partial charge on any atom is -0.462 e. The fourth-order valence-corrected chi connectivity index (χ4v) is 6.75. The summed E-state index contributed by atoms with van der Waals surface area (Å²) in [7, 11) is 2.07. The van der Waals surface area contributed by atoms with E-state index in [9.17, 15) is 24.9 Å². The third-order valence-corrected chi connectivity index (χ3v) is 10.0. The second-order valence-electron chi connectivity index (χ2n) is 13.1. The average Bonchev–Trinajstić information content (AvgIpc) is 2.91. The van der Waals surface area contributed by atoms with Crippen molar-refractivity contribution >= 4 is 11.8 Å². The number of carbonyl (C=O) groups is 2. The Morgan fingerprint density at radius 2 is 1.57 bits per heavy atom. The smallest absolute Gasteiger partial charge is 0.311 e. The van der Waals surface area contributed by atoms with Gasteiger partial charge in [-0.25, -0.2) is 0 Å². The number of ketones is 1. The van der Waals surface area contributed by atoms with Crippen LogP contribution in [-0.2, 0) is 23.8 Å². The SMILES string of the molecule is CC[C@H]1OC(=O)[C@H](C)[C@@H](O[C@H]2CC(N(C)CC)[C@H](C)C(C)O2)[C@H](C)[C@@H](O)[C@](C)(O)C[C@@H](C)C(=O)[C@H](C)[C@@H](O)[C@H]1C. The number of carbonyl (C=O) groups excluding carboxylic acids is 2. The lowest BCUT2D eigenvalue weighted by Gasteiger charge is -2.46. The van der Waals surface area contributed by atoms with E-state index in [0.717, 1.165) is 6.54 Å². The van der Waals surface area contributed by atoms with Crippen molar-refractivity contribution < 1.29 is 39.1 Å². The van der Waals surface area contributed by atoms with Crippen molar-refractivity contribution in [2.75, 3.05) is 13.6 Å². The van der Waals surface area contributed by atoms with Crippen LogP contribution in [0.4, 0.5) is 0 Å². The van der Waals surface area contributed by atoms with Crippen molar-refractivity contribution in [1.29, 1.82) is 0 Å². The number of hydrogen-bond donors (Lipinski definition) is 3. The molecule has 9 nitrogen and oxygen atoms in total. The number of nitrogens with zero attached hydrogens (tertiary/aromatic N) is 1. The first-order valence-electron chi connectivity index (χ1n) is 15.3. The number of hydrogen-bond acceptors (Lipinski definition) is 9. The van der Waals surface area contributed by atoms with Crippen LogP contribution in [0.5, 0.6) is 0 Å². The van der Waals surface area contributed by atoms with E-state index in [-0.39, 0.29) is 30.3 Å². The molecule has 2 heterocycles. The van der Waals surface area contributed by atoms with E-state index in [0.29, 0.717) is 12.8 Å². The highest BCUT2D eigenvalue weighted by molar-refractivity contribution is 5.83. The number of aliphatic hydroxyl groups is 3. The number of aliphatic hydroxyl groups excluding tert-OH is 2. The molecule has 0 aromatic rings. The second-order valence-corrected chi connectivity index (χ2v) is 13.1. The third-order valence-electron chi connectivity index (χ3n) is 10.0. The van der Waals surface area contributed by atoms with Crippen LogP contribution in [0.25, 0.3) is 0 Å². The van der Waals surface area contributed by atoms with Crippen LogP contribution in [0, 0.1) is 35.5 Å². The molecule has 14 atom stereocenters. The van der Waals surface area contributed by atoms with E-state index >= 15 is 0 Å². The van der Waals surface area contributed by atoms with Gasteiger partial charge < -0.3 is 34.4 Å². The number of cyclic esters (lactones) is 1. The molecule has 2 rings (SSSR count).